The van der Waals surface area contributed by atoms with Gasteiger partial charge in [0.05, 0.1) is 6.61 Å². The number of morpholine rings is 1. The average molecular weight is 157 g/mol. The van der Waals surface area contributed by atoms with Gasteiger partial charge in [-0.25, -0.2) is 0 Å². The molecule has 1 saturated heterocycles. The number of hydrogen-bond donors (Lipinski definition) is 2. The zero-order valence-electron chi connectivity index (χ0n) is 6.84. The van der Waals surface area contributed by atoms with Crippen LogP contribution in [0.25, 0.3) is 0 Å². The molecule has 0 aliphatic carbocycles. The van der Waals surface area contributed by atoms with Crippen LogP contribution in [0.3, 0.4) is 0 Å². The van der Waals surface area contributed by atoms with Gasteiger partial charge in [0.15, 0.2) is 0 Å². The first-order chi connectivity index (χ1) is 5.24. The highest BCUT2D eigenvalue weighted by Gasteiger charge is 2.20. The Bertz CT molecular complexity index is 149. The number of nitrogens with one attached hydrogen (secondary N) is 1. The Morgan fingerprint density at radius 1 is 1.82 bits per heavy atom. The van der Waals surface area contributed by atoms with Gasteiger partial charge < -0.3 is 10.5 Å². The number of amidine groups is 1. The maximum Gasteiger partial charge on any atom is 0.127 e. The molecule has 11 heavy (non-hydrogen) atoms. The molecule has 0 radical (unpaired) electrons. The summed E-state index contributed by atoms with van der Waals surface area (Å²) in [6.07, 6.45) is -0.177. The van der Waals surface area contributed by atoms with Crippen LogP contribution in [0, 0.1) is 5.41 Å². The van der Waals surface area contributed by atoms with Crippen LogP contribution >= 0.6 is 0 Å². The SMILES string of the molecule is CCN1CCOC(C(=N)N)C1. The fourth-order valence-corrected chi connectivity index (χ4v) is 1.18. The number of nitrogens with zero attached hydrogens (tertiary/aromatic N) is 1. The summed E-state index contributed by atoms with van der Waals surface area (Å²) in [5.74, 6) is 0.142. The van der Waals surface area contributed by atoms with E-state index in [4.69, 9.17) is 15.9 Å². The van der Waals surface area contributed by atoms with Crippen LogP contribution in [0.5, 0.6) is 0 Å². The van der Waals surface area contributed by atoms with Crippen molar-refractivity contribution in [1.82, 2.24) is 4.90 Å². The minimum atomic E-state index is -0.177. The zero-order chi connectivity index (χ0) is 8.27. The fourth-order valence-electron chi connectivity index (χ4n) is 1.18. The van der Waals surface area contributed by atoms with Gasteiger partial charge in [-0.1, -0.05) is 6.92 Å². The van der Waals surface area contributed by atoms with E-state index in [2.05, 4.69) is 11.8 Å². The lowest BCUT2D eigenvalue weighted by atomic mass is 10.2. The van der Waals surface area contributed by atoms with Gasteiger partial charge in [0, 0.05) is 13.1 Å². The molecule has 1 aliphatic heterocycles. The van der Waals surface area contributed by atoms with Crippen molar-refractivity contribution in [2.75, 3.05) is 26.2 Å². The second kappa shape index (κ2) is 3.69. The summed E-state index contributed by atoms with van der Waals surface area (Å²) >= 11 is 0. The minimum absolute atomic E-state index is 0.142. The maximum atomic E-state index is 7.18. The first kappa shape index (κ1) is 8.49. The molecule has 1 heterocycles. The summed E-state index contributed by atoms with van der Waals surface area (Å²) in [6, 6.07) is 0. The summed E-state index contributed by atoms with van der Waals surface area (Å²) in [4.78, 5) is 2.23. The second-order valence-corrected chi connectivity index (χ2v) is 2.71. The van der Waals surface area contributed by atoms with Crippen LogP contribution in [0.15, 0.2) is 0 Å². The van der Waals surface area contributed by atoms with Crippen LogP contribution in [0.1, 0.15) is 6.92 Å². The van der Waals surface area contributed by atoms with Crippen molar-refractivity contribution in [3.05, 3.63) is 0 Å². The Kier molecular flexibility index (Phi) is 2.84. The van der Waals surface area contributed by atoms with E-state index in [1.54, 1.807) is 0 Å². The third-order valence-electron chi connectivity index (χ3n) is 1.94. The predicted octanol–water partition coefficient (Wildman–Crippen LogP) is -0.357. The minimum Gasteiger partial charge on any atom is -0.385 e. The topological polar surface area (TPSA) is 62.3 Å². The molecule has 0 saturated carbocycles. The van der Waals surface area contributed by atoms with E-state index in [1.807, 2.05) is 0 Å². The van der Waals surface area contributed by atoms with Crippen molar-refractivity contribution in [2.24, 2.45) is 5.73 Å². The monoisotopic (exact) mass is 157 g/mol. The summed E-state index contributed by atoms with van der Waals surface area (Å²) in [5, 5.41) is 7.18. The lowest BCUT2D eigenvalue weighted by molar-refractivity contribution is 0.00786. The Labute approximate surface area is 66.8 Å². The summed E-state index contributed by atoms with van der Waals surface area (Å²) in [6.45, 7) is 5.53. The molecule has 1 rings (SSSR count). The molecule has 1 atom stereocenters. The second-order valence-electron chi connectivity index (χ2n) is 2.71. The van der Waals surface area contributed by atoms with E-state index >= 15 is 0 Å². The Morgan fingerprint density at radius 3 is 3.09 bits per heavy atom. The third kappa shape index (κ3) is 2.17. The molecular weight excluding hydrogens is 142 g/mol. The van der Waals surface area contributed by atoms with Gasteiger partial charge >= 0.3 is 0 Å². The van der Waals surface area contributed by atoms with Crippen LogP contribution in [0.2, 0.25) is 0 Å². The molecule has 1 aliphatic rings. The fraction of sp³-hybridized carbons (Fsp3) is 0.857. The predicted molar refractivity (Wildman–Crippen MR) is 43.8 cm³/mol. The van der Waals surface area contributed by atoms with Crippen molar-refractivity contribution in [3.63, 3.8) is 0 Å². The number of hydrogen-bond acceptors (Lipinski definition) is 3. The van der Waals surface area contributed by atoms with Gasteiger partial charge in [-0.15, -0.1) is 0 Å². The van der Waals surface area contributed by atoms with Gasteiger partial charge in [-0.05, 0) is 6.54 Å². The van der Waals surface area contributed by atoms with Crippen molar-refractivity contribution in [1.29, 1.82) is 5.41 Å². The Balaban J connectivity index is 2.39. The molecule has 0 aromatic rings. The molecule has 1 fully saturated rings. The number of rotatable bonds is 2. The highest BCUT2D eigenvalue weighted by Crippen LogP contribution is 2.03. The van der Waals surface area contributed by atoms with E-state index in [0.29, 0.717) is 6.61 Å². The molecule has 0 aromatic carbocycles. The maximum absolute atomic E-state index is 7.18. The van der Waals surface area contributed by atoms with E-state index < -0.39 is 0 Å². The zero-order valence-corrected chi connectivity index (χ0v) is 6.84. The van der Waals surface area contributed by atoms with E-state index in [9.17, 15) is 0 Å². The van der Waals surface area contributed by atoms with Crippen molar-refractivity contribution < 1.29 is 4.74 Å². The van der Waals surface area contributed by atoms with Crippen LogP contribution in [-0.4, -0.2) is 43.1 Å². The standard InChI is InChI=1S/C7H15N3O/c1-2-10-3-4-11-6(5-10)7(8)9/h6H,2-5H2,1H3,(H3,8,9). The lowest BCUT2D eigenvalue weighted by Gasteiger charge is -2.31. The Hall–Kier alpha value is -0.610. The largest absolute Gasteiger partial charge is 0.385 e. The number of ether oxygens (including phenoxy) is 1. The molecule has 1 unspecified atom stereocenters. The summed E-state index contributed by atoms with van der Waals surface area (Å²) in [7, 11) is 0. The van der Waals surface area contributed by atoms with E-state index in [1.165, 1.54) is 0 Å². The third-order valence-corrected chi connectivity index (χ3v) is 1.94. The first-order valence-electron chi connectivity index (χ1n) is 3.92. The average Bonchev–Trinajstić information content (AvgIpc) is 2.05. The molecule has 4 nitrogen and oxygen atoms in total. The molecule has 3 N–H and O–H groups in total. The van der Waals surface area contributed by atoms with Gasteiger partial charge in [0.1, 0.15) is 11.9 Å². The molecule has 0 bridgehead atoms. The normalized spacial score (nSPS) is 26.8. The molecule has 0 amide bonds. The van der Waals surface area contributed by atoms with Crippen LogP contribution < -0.4 is 5.73 Å². The quantitative estimate of drug-likeness (QED) is 0.425. The summed E-state index contributed by atoms with van der Waals surface area (Å²) < 4.78 is 5.28. The number of nitrogens with two attached hydrogens (primary N) is 1. The molecule has 0 aromatic heterocycles. The Morgan fingerprint density at radius 2 is 2.55 bits per heavy atom. The van der Waals surface area contributed by atoms with Gasteiger partial charge in [0.25, 0.3) is 0 Å². The van der Waals surface area contributed by atoms with Crippen LogP contribution in [0.4, 0.5) is 0 Å². The molecule has 0 spiro atoms. The first-order valence-corrected chi connectivity index (χ1v) is 3.92. The highest BCUT2D eigenvalue weighted by atomic mass is 16.5. The van der Waals surface area contributed by atoms with Crippen LogP contribution in [-0.2, 0) is 4.74 Å². The van der Waals surface area contributed by atoms with Gasteiger partial charge in [-0.3, -0.25) is 10.3 Å². The molecule has 64 valence electrons. The molecular formula is C7H15N3O. The van der Waals surface area contributed by atoms with Crippen molar-refractivity contribution in [2.45, 2.75) is 13.0 Å². The highest BCUT2D eigenvalue weighted by molar-refractivity contribution is 5.82. The smallest absolute Gasteiger partial charge is 0.127 e. The van der Waals surface area contributed by atoms with Crippen molar-refractivity contribution in [3.8, 4) is 0 Å². The van der Waals surface area contributed by atoms with Gasteiger partial charge in [0.2, 0.25) is 0 Å². The molecule has 4 heteroatoms. The summed E-state index contributed by atoms with van der Waals surface area (Å²) in [5.41, 5.74) is 5.32. The van der Waals surface area contributed by atoms with E-state index in [0.717, 1.165) is 19.6 Å². The van der Waals surface area contributed by atoms with Gasteiger partial charge in [-0.2, -0.15) is 0 Å². The van der Waals surface area contributed by atoms with Crippen molar-refractivity contribution >= 4 is 5.84 Å². The lowest BCUT2D eigenvalue weighted by Crippen LogP contribution is -2.47. The number of likely N-dealkylation sites (N-methyl/N-ethyl adjacent to an activating group) is 1. The van der Waals surface area contributed by atoms with E-state index in [-0.39, 0.29) is 11.9 Å².